The van der Waals surface area contributed by atoms with Crippen molar-refractivity contribution >= 4 is 17.3 Å². The third-order valence-electron chi connectivity index (χ3n) is 2.49. The van der Waals surface area contributed by atoms with Crippen LogP contribution in [0.4, 0.5) is 0 Å². The molecule has 1 rings (SSSR count). The second-order valence-corrected chi connectivity index (χ2v) is 4.35. The van der Waals surface area contributed by atoms with E-state index < -0.39 is 0 Å². The van der Waals surface area contributed by atoms with E-state index in [-0.39, 0.29) is 12.1 Å². The fraction of sp³-hybridized carbons (Fsp3) is 0.900. The Morgan fingerprint density at radius 2 is 2.40 bits per heavy atom. The Hall–Kier alpha value is -0.390. The maximum Gasteiger partial charge on any atom is 0.166 e. The molecule has 1 aliphatic heterocycles. The van der Waals surface area contributed by atoms with Gasteiger partial charge in [0.25, 0.3) is 0 Å². The molecular weight excluding hydrogens is 212 g/mol. The second-order valence-electron chi connectivity index (χ2n) is 3.95. The van der Waals surface area contributed by atoms with Crippen molar-refractivity contribution in [3.8, 4) is 0 Å². The molecule has 5 heteroatoms. The number of nitrogens with one attached hydrogen (secondary N) is 2. The standard InChI is InChI=1S/C10H20N2O2S/c1-7(6-13-3)11-10(15)12-9-4-5-14-8(9)2/h7-9H,4-6H2,1-3H3,(H2,11,12,15). The Kier molecular flexibility index (Phi) is 5.28. The molecule has 1 saturated heterocycles. The first-order valence-corrected chi connectivity index (χ1v) is 5.72. The maximum atomic E-state index is 5.44. The Morgan fingerprint density at radius 3 is 2.93 bits per heavy atom. The van der Waals surface area contributed by atoms with Gasteiger partial charge in [-0.2, -0.15) is 0 Å². The van der Waals surface area contributed by atoms with Crippen LogP contribution in [-0.4, -0.2) is 43.6 Å². The van der Waals surface area contributed by atoms with Crippen molar-refractivity contribution in [3.05, 3.63) is 0 Å². The molecule has 4 nitrogen and oxygen atoms in total. The molecule has 3 unspecified atom stereocenters. The molecule has 1 heterocycles. The Bertz CT molecular complexity index is 214. The molecule has 88 valence electrons. The van der Waals surface area contributed by atoms with E-state index in [9.17, 15) is 0 Å². The van der Waals surface area contributed by atoms with Crippen LogP contribution < -0.4 is 10.6 Å². The average molecular weight is 232 g/mol. The molecule has 0 saturated carbocycles. The van der Waals surface area contributed by atoms with E-state index in [0.29, 0.717) is 17.8 Å². The van der Waals surface area contributed by atoms with E-state index in [4.69, 9.17) is 21.7 Å². The minimum absolute atomic E-state index is 0.229. The third kappa shape index (κ3) is 4.32. The number of ether oxygens (including phenoxy) is 2. The Morgan fingerprint density at radius 1 is 1.67 bits per heavy atom. The molecule has 3 atom stereocenters. The summed E-state index contributed by atoms with van der Waals surface area (Å²) in [6.07, 6.45) is 1.25. The molecule has 0 aromatic carbocycles. The molecule has 2 N–H and O–H groups in total. The van der Waals surface area contributed by atoms with Crippen molar-refractivity contribution in [1.82, 2.24) is 10.6 Å². The monoisotopic (exact) mass is 232 g/mol. The number of methoxy groups -OCH3 is 1. The van der Waals surface area contributed by atoms with Crippen molar-refractivity contribution in [2.45, 2.75) is 38.5 Å². The largest absolute Gasteiger partial charge is 0.383 e. The average Bonchev–Trinajstić information content (AvgIpc) is 2.52. The van der Waals surface area contributed by atoms with Crippen molar-refractivity contribution in [3.63, 3.8) is 0 Å². The summed E-state index contributed by atoms with van der Waals surface area (Å²) in [6.45, 7) is 5.56. The van der Waals surface area contributed by atoms with Crippen LogP contribution in [-0.2, 0) is 9.47 Å². The predicted octanol–water partition coefficient (Wildman–Crippen LogP) is 0.663. The SMILES string of the molecule is COCC(C)NC(=S)NC1CCOC1C. The molecule has 0 amide bonds. The number of hydrogen-bond donors (Lipinski definition) is 2. The molecular formula is C10H20N2O2S. The van der Waals surface area contributed by atoms with E-state index in [1.165, 1.54) is 0 Å². The Labute approximate surface area is 96.7 Å². The van der Waals surface area contributed by atoms with Crippen molar-refractivity contribution < 1.29 is 9.47 Å². The lowest BCUT2D eigenvalue weighted by molar-refractivity contribution is 0.116. The summed E-state index contributed by atoms with van der Waals surface area (Å²) in [6, 6.07) is 0.562. The molecule has 0 bridgehead atoms. The molecule has 0 aromatic heterocycles. The molecule has 1 fully saturated rings. The van der Waals surface area contributed by atoms with Gasteiger partial charge in [-0.05, 0) is 32.5 Å². The van der Waals surface area contributed by atoms with Crippen LogP contribution in [0.15, 0.2) is 0 Å². The van der Waals surface area contributed by atoms with Gasteiger partial charge in [-0.15, -0.1) is 0 Å². The molecule has 0 radical (unpaired) electrons. The summed E-state index contributed by atoms with van der Waals surface area (Å²) in [5, 5.41) is 7.11. The topological polar surface area (TPSA) is 42.5 Å². The van der Waals surface area contributed by atoms with Gasteiger partial charge in [-0.1, -0.05) is 0 Å². The minimum Gasteiger partial charge on any atom is -0.383 e. The van der Waals surface area contributed by atoms with E-state index in [1.807, 2.05) is 6.92 Å². The fourth-order valence-corrected chi connectivity index (χ4v) is 2.00. The van der Waals surface area contributed by atoms with E-state index in [2.05, 4.69) is 17.6 Å². The highest BCUT2D eigenvalue weighted by atomic mass is 32.1. The fourth-order valence-electron chi connectivity index (χ4n) is 1.65. The maximum absolute atomic E-state index is 5.44. The minimum atomic E-state index is 0.229. The van der Waals surface area contributed by atoms with Gasteiger partial charge < -0.3 is 20.1 Å². The zero-order valence-corrected chi connectivity index (χ0v) is 10.4. The van der Waals surface area contributed by atoms with Crippen LogP contribution in [0.25, 0.3) is 0 Å². The van der Waals surface area contributed by atoms with E-state index in [0.717, 1.165) is 13.0 Å². The summed E-state index contributed by atoms with van der Waals surface area (Å²) in [7, 11) is 1.68. The number of rotatable bonds is 4. The van der Waals surface area contributed by atoms with E-state index in [1.54, 1.807) is 7.11 Å². The van der Waals surface area contributed by atoms with Crippen LogP contribution in [0, 0.1) is 0 Å². The number of hydrogen-bond acceptors (Lipinski definition) is 3. The highest BCUT2D eigenvalue weighted by molar-refractivity contribution is 7.80. The first-order valence-electron chi connectivity index (χ1n) is 5.31. The van der Waals surface area contributed by atoms with Gasteiger partial charge in [-0.25, -0.2) is 0 Å². The van der Waals surface area contributed by atoms with Crippen LogP contribution in [0.2, 0.25) is 0 Å². The van der Waals surface area contributed by atoms with E-state index >= 15 is 0 Å². The normalized spacial score (nSPS) is 27.4. The molecule has 0 aliphatic carbocycles. The highest BCUT2D eigenvalue weighted by Crippen LogP contribution is 2.12. The lowest BCUT2D eigenvalue weighted by Gasteiger charge is -2.21. The summed E-state index contributed by atoms with van der Waals surface area (Å²) in [5.41, 5.74) is 0. The quantitative estimate of drug-likeness (QED) is 0.697. The summed E-state index contributed by atoms with van der Waals surface area (Å²) in [5.74, 6) is 0. The van der Waals surface area contributed by atoms with Crippen LogP contribution in [0.3, 0.4) is 0 Å². The Balaban J connectivity index is 2.23. The van der Waals surface area contributed by atoms with Crippen molar-refractivity contribution in [1.29, 1.82) is 0 Å². The van der Waals surface area contributed by atoms with Gasteiger partial charge in [0.15, 0.2) is 5.11 Å². The zero-order valence-electron chi connectivity index (χ0n) is 9.58. The third-order valence-corrected chi connectivity index (χ3v) is 2.72. The molecule has 0 aromatic rings. The lowest BCUT2D eigenvalue weighted by Crippen LogP contribution is -2.48. The van der Waals surface area contributed by atoms with Crippen LogP contribution >= 0.6 is 12.2 Å². The van der Waals surface area contributed by atoms with Gasteiger partial charge in [0, 0.05) is 19.8 Å². The van der Waals surface area contributed by atoms with Gasteiger partial charge >= 0.3 is 0 Å². The molecule has 15 heavy (non-hydrogen) atoms. The lowest BCUT2D eigenvalue weighted by atomic mass is 10.2. The van der Waals surface area contributed by atoms with Crippen molar-refractivity contribution in [2.75, 3.05) is 20.3 Å². The molecule has 1 aliphatic rings. The van der Waals surface area contributed by atoms with Gasteiger partial charge in [0.2, 0.25) is 0 Å². The van der Waals surface area contributed by atoms with Crippen LogP contribution in [0.1, 0.15) is 20.3 Å². The van der Waals surface area contributed by atoms with Gasteiger partial charge in [0.1, 0.15) is 0 Å². The smallest absolute Gasteiger partial charge is 0.166 e. The van der Waals surface area contributed by atoms with Gasteiger partial charge in [-0.3, -0.25) is 0 Å². The second kappa shape index (κ2) is 6.25. The van der Waals surface area contributed by atoms with Crippen molar-refractivity contribution in [2.24, 2.45) is 0 Å². The zero-order chi connectivity index (χ0) is 11.3. The number of thiocarbonyl (C=S) groups is 1. The van der Waals surface area contributed by atoms with Crippen LogP contribution in [0.5, 0.6) is 0 Å². The predicted molar refractivity (Wildman–Crippen MR) is 64.0 cm³/mol. The highest BCUT2D eigenvalue weighted by Gasteiger charge is 2.24. The van der Waals surface area contributed by atoms with Gasteiger partial charge in [0.05, 0.1) is 18.8 Å². The summed E-state index contributed by atoms with van der Waals surface area (Å²) < 4.78 is 10.5. The molecule has 0 spiro atoms. The summed E-state index contributed by atoms with van der Waals surface area (Å²) in [4.78, 5) is 0. The summed E-state index contributed by atoms with van der Waals surface area (Å²) >= 11 is 5.20. The first kappa shape index (κ1) is 12.7. The first-order chi connectivity index (χ1) is 7.13.